The van der Waals surface area contributed by atoms with Gasteiger partial charge in [-0.15, -0.1) is 0 Å². The molecule has 0 aliphatic heterocycles. The van der Waals surface area contributed by atoms with Crippen LogP contribution in [0.15, 0.2) is 21.5 Å². The van der Waals surface area contributed by atoms with Gasteiger partial charge in [0.05, 0.1) is 5.56 Å². The molecule has 0 aromatic heterocycles. The van der Waals surface area contributed by atoms with E-state index in [1.807, 2.05) is 13.8 Å². The molecule has 0 radical (unpaired) electrons. The Kier molecular flexibility index (Phi) is 5.28. The van der Waals surface area contributed by atoms with Crippen LogP contribution in [-0.2, 0) is 10.0 Å². The zero-order valence-corrected chi connectivity index (χ0v) is 13.5. The first-order valence-electron chi connectivity index (χ1n) is 5.81. The van der Waals surface area contributed by atoms with E-state index in [0.29, 0.717) is 0 Å². The number of hydrogen-bond donors (Lipinski definition) is 2. The summed E-state index contributed by atoms with van der Waals surface area (Å²) in [6.07, 6.45) is 0. The lowest BCUT2D eigenvalue weighted by molar-refractivity contribution is 0.0691. The Morgan fingerprint density at radius 2 is 1.90 bits per heavy atom. The van der Waals surface area contributed by atoms with Gasteiger partial charge in [0, 0.05) is 10.5 Å². The van der Waals surface area contributed by atoms with Gasteiger partial charge >= 0.3 is 5.97 Å². The number of benzene rings is 1. The van der Waals surface area contributed by atoms with E-state index in [1.165, 1.54) is 0 Å². The standard InChI is InChI=1S/C12H15BrFNO4S/c1-6(2)7(3)15-20(18,19)10-5-8(13)4-9(11(10)14)12(16)17/h4-7,15H,1-3H3,(H,16,17). The Labute approximate surface area is 125 Å². The third-order valence-corrected chi connectivity index (χ3v) is 4.88. The summed E-state index contributed by atoms with van der Waals surface area (Å²) in [5.41, 5.74) is -0.697. The summed E-state index contributed by atoms with van der Waals surface area (Å²) in [5.74, 6) is -2.79. The highest BCUT2D eigenvalue weighted by Gasteiger charge is 2.26. The molecule has 1 atom stereocenters. The van der Waals surface area contributed by atoms with Gasteiger partial charge in [-0.3, -0.25) is 0 Å². The van der Waals surface area contributed by atoms with E-state index in [9.17, 15) is 17.6 Å². The minimum atomic E-state index is -4.13. The molecule has 0 bridgehead atoms. The number of hydrogen-bond acceptors (Lipinski definition) is 3. The van der Waals surface area contributed by atoms with Crippen LogP contribution >= 0.6 is 15.9 Å². The van der Waals surface area contributed by atoms with Crippen molar-refractivity contribution in [2.24, 2.45) is 5.92 Å². The average Bonchev–Trinajstić information content (AvgIpc) is 2.30. The second kappa shape index (κ2) is 6.19. The van der Waals surface area contributed by atoms with Crippen LogP contribution in [0, 0.1) is 11.7 Å². The van der Waals surface area contributed by atoms with E-state index in [2.05, 4.69) is 20.7 Å². The molecule has 0 fully saturated rings. The van der Waals surface area contributed by atoms with Crippen molar-refractivity contribution in [2.45, 2.75) is 31.7 Å². The number of carboxylic acids is 1. The largest absolute Gasteiger partial charge is 0.478 e. The fourth-order valence-electron chi connectivity index (χ4n) is 1.36. The summed E-state index contributed by atoms with van der Waals surface area (Å²) in [4.78, 5) is 10.2. The lowest BCUT2D eigenvalue weighted by Crippen LogP contribution is -2.36. The van der Waals surface area contributed by atoms with Crippen LogP contribution in [0.1, 0.15) is 31.1 Å². The van der Waals surface area contributed by atoms with Crippen molar-refractivity contribution in [1.82, 2.24) is 4.72 Å². The highest BCUT2D eigenvalue weighted by atomic mass is 79.9. The number of sulfonamides is 1. The van der Waals surface area contributed by atoms with Gasteiger partial charge in [0.15, 0.2) is 5.82 Å². The minimum Gasteiger partial charge on any atom is -0.478 e. The lowest BCUT2D eigenvalue weighted by atomic mass is 10.1. The van der Waals surface area contributed by atoms with Crippen LogP contribution in [-0.4, -0.2) is 25.5 Å². The predicted molar refractivity (Wildman–Crippen MR) is 75.7 cm³/mol. The fraction of sp³-hybridized carbons (Fsp3) is 0.417. The first-order chi connectivity index (χ1) is 9.06. The van der Waals surface area contributed by atoms with Crippen molar-refractivity contribution >= 4 is 31.9 Å². The van der Waals surface area contributed by atoms with Crippen LogP contribution < -0.4 is 4.72 Å². The van der Waals surface area contributed by atoms with Crippen molar-refractivity contribution in [2.75, 3.05) is 0 Å². The molecule has 112 valence electrons. The van der Waals surface area contributed by atoms with Crippen LogP contribution in [0.4, 0.5) is 4.39 Å². The van der Waals surface area contributed by atoms with Gasteiger partial charge < -0.3 is 5.11 Å². The maximum atomic E-state index is 14.0. The van der Waals surface area contributed by atoms with Crippen LogP contribution in [0.3, 0.4) is 0 Å². The molecule has 1 aromatic carbocycles. The second-order valence-corrected chi connectivity index (χ2v) is 7.32. The SMILES string of the molecule is CC(C)C(C)NS(=O)(=O)c1cc(Br)cc(C(=O)O)c1F. The number of carboxylic acid groups (broad SMARTS) is 1. The number of nitrogens with one attached hydrogen (secondary N) is 1. The molecule has 0 aliphatic rings. The third-order valence-electron chi connectivity index (χ3n) is 2.86. The summed E-state index contributed by atoms with van der Waals surface area (Å²) >= 11 is 2.98. The molecule has 5 nitrogen and oxygen atoms in total. The van der Waals surface area contributed by atoms with Gasteiger partial charge in [-0.05, 0) is 25.0 Å². The maximum Gasteiger partial charge on any atom is 0.338 e. The molecule has 0 saturated carbocycles. The molecule has 8 heteroatoms. The quantitative estimate of drug-likeness (QED) is 0.837. The molecule has 1 rings (SSSR count). The fourth-order valence-corrected chi connectivity index (χ4v) is 3.49. The molecular formula is C12H15BrFNO4S. The van der Waals surface area contributed by atoms with Gasteiger partial charge in [0.2, 0.25) is 10.0 Å². The van der Waals surface area contributed by atoms with E-state index in [-0.39, 0.29) is 10.4 Å². The van der Waals surface area contributed by atoms with Gasteiger partial charge in [-0.1, -0.05) is 29.8 Å². The van der Waals surface area contributed by atoms with Crippen molar-refractivity contribution in [3.63, 3.8) is 0 Å². The van der Waals surface area contributed by atoms with Crippen LogP contribution in [0.5, 0.6) is 0 Å². The van der Waals surface area contributed by atoms with Crippen molar-refractivity contribution < 1.29 is 22.7 Å². The van der Waals surface area contributed by atoms with Gasteiger partial charge in [0.1, 0.15) is 4.90 Å². The molecule has 2 N–H and O–H groups in total. The molecule has 0 spiro atoms. The van der Waals surface area contributed by atoms with E-state index in [1.54, 1.807) is 6.92 Å². The van der Waals surface area contributed by atoms with Crippen molar-refractivity contribution in [3.05, 3.63) is 28.0 Å². The lowest BCUT2D eigenvalue weighted by Gasteiger charge is -2.18. The topological polar surface area (TPSA) is 83.5 Å². The first-order valence-corrected chi connectivity index (χ1v) is 8.08. The molecule has 0 saturated heterocycles. The molecule has 0 aliphatic carbocycles. The predicted octanol–water partition coefficient (Wildman–Crippen LogP) is 2.61. The van der Waals surface area contributed by atoms with Gasteiger partial charge in [-0.2, -0.15) is 0 Å². The minimum absolute atomic E-state index is 0.0129. The van der Waals surface area contributed by atoms with Crippen molar-refractivity contribution in [3.8, 4) is 0 Å². The highest BCUT2D eigenvalue weighted by Crippen LogP contribution is 2.24. The zero-order valence-electron chi connectivity index (χ0n) is 11.1. The Balaban J connectivity index is 3.36. The molecule has 0 heterocycles. The summed E-state index contributed by atoms with van der Waals surface area (Å²) in [5, 5.41) is 8.87. The number of rotatable bonds is 5. The average molecular weight is 368 g/mol. The third kappa shape index (κ3) is 3.77. The van der Waals surface area contributed by atoms with Gasteiger partial charge in [0.25, 0.3) is 0 Å². The summed E-state index contributed by atoms with van der Waals surface area (Å²) in [7, 11) is -4.13. The van der Waals surface area contributed by atoms with Crippen LogP contribution in [0.25, 0.3) is 0 Å². The maximum absolute atomic E-state index is 14.0. The molecular weight excluding hydrogens is 353 g/mol. The van der Waals surface area contributed by atoms with Gasteiger partial charge in [-0.25, -0.2) is 22.3 Å². The normalized spacial score (nSPS) is 13.5. The number of carbonyl (C=O) groups is 1. The molecule has 20 heavy (non-hydrogen) atoms. The Morgan fingerprint density at radius 3 is 2.35 bits per heavy atom. The van der Waals surface area contributed by atoms with E-state index in [4.69, 9.17) is 5.11 Å². The number of aromatic carboxylic acids is 1. The summed E-state index contributed by atoms with van der Waals surface area (Å²) in [6, 6.07) is 1.64. The molecule has 1 aromatic rings. The van der Waals surface area contributed by atoms with E-state index < -0.39 is 38.3 Å². The highest BCUT2D eigenvalue weighted by molar-refractivity contribution is 9.10. The smallest absolute Gasteiger partial charge is 0.338 e. The van der Waals surface area contributed by atoms with E-state index >= 15 is 0 Å². The monoisotopic (exact) mass is 367 g/mol. The van der Waals surface area contributed by atoms with E-state index in [0.717, 1.165) is 12.1 Å². The molecule has 0 amide bonds. The Bertz CT molecular complexity index is 631. The Morgan fingerprint density at radius 1 is 1.35 bits per heavy atom. The Hall–Kier alpha value is -0.990. The molecule has 1 unspecified atom stereocenters. The van der Waals surface area contributed by atoms with Crippen LogP contribution in [0.2, 0.25) is 0 Å². The first kappa shape index (κ1) is 17.1. The number of halogens is 2. The van der Waals surface area contributed by atoms with Crippen molar-refractivity contribution in [1.29, 1.82) is 0 Å². The second-order valence-electron chi connectivity index (χ2n) is 4.72. The summed E-state index contributed by atoms with van der Waals surface area (Å²) < 4.78 is 40.8. The summed E-state index contributed by atoms with van der Waals surface area (Å²) in [6.45, 7) is 5.27. The zero-order chi connectivity index (χ0) is 15.7.